The third kappa shape index (κ3) is 2.89. The van der Waals surface area contributed by atoms with Gasteiger partial charge < -0.3 is 10.2 Å². The van der Waals surface area contributed by atoms with E-state index in [1.165, 1.54) is 6.20 Å². The molecular weight excluding hydrogens is 244 g/mol. The maximum Gasteiger partial charge on any atom is 0.274 e. The maximum atomic E-state index is 12.4. The molecule has 1 N–H and O–H groups in total. The molecule has 2 heterocycles. The highest BCUT2D eigenvalue weighted by Gasteiger charge is 2.32. The van der Waals surface area contributed by atoms with E-state index in [0.29, 0.717) is 18.7 Å². The Bertz CT molecular complexity index is 472. The summed E-state index contributed by atoms with van der Waals surface area (Å²) < 4.78 is 0. The number of likely N-dealkylation sites (N-methyl/N-ethyl adjacent to an activating group) is 1. The first-order valence-corrected chi connectivity index (χ1v) is 6.44. The molecule has 1 fully saturated rings. The normalized spacial score (nSPS) is 19.1. The van der Waals surface area contributed by atoms with Crippen molar-refractivity contribution in [2.75, 3.05) is 13.6 Å². The smallest absolute Gasteiger partial charge is 0.274 e. The molecule has 6 heteroatoms. The summed E-state index contributed by atoms with van der Waals surface area (Å²) in [7, 11) is 1.59. The van der Waals surface area contributed by atoms with Gasteiger partial charge >= 0.3 is 0 Å². The summed E-state index contributed by atoms with van der Waals surface area (Å²) in [5.74, 6) is -0.339. The zero-order valence-corrected chi connectivity index (χ0v) is 11.2. The van der Waals surface area contributed by atoms with Crippen LogP contribution >= 0.6 is 0 Å². The van der Waals surface area contributed by atoms with Crippen molar-refractivity contribution in [3.63, 3.8) is 0 Å². The van der Waals surface area contributed by atoms with E-state index in [1.807, 2.05) is 6.92 Å². The number of nitrogens with zero attached hydrogens (tertiary/aromatic N) is 3. The van der Waals surface area contributed by atoms with E-state index in [4.69, 9.17) is 0 Å². The molecule has 1 atom stereocenters. The minimum absolute atomic E-state index is 0.117. The predicted octanol–water partition coefficient (Wildman–Crippen LogP) is 0.526. The molecule has 0 radical (unpaired) electrons. The molecule has 0 aromatic carbocycles. The molecule has 6 nitrogen and oxygen atoms in total. The molecule has 2 rings (SSSR count). The standard InChI is InChI=1S/C13H18N4O2/c1-9-7-16-10(8-15-9)13(19)17-6-4-3-5-11(17)12(18)14-2/h7-8,11H,3-6H2,1-2H3,(H,14,18)/t11-/m1/s1. The number of nitrogens with one attached hydrogen (secondary N) is 1. The highest BCUT2D eigenvalue weighted by Crippen LogP contribution is 2.19. The Morgan fingerprint density at radius 1 is 1.32 bits per heavy atom. The second-order valence-electron chi connectivity index (χ2n) is 4.67. The third-order valence-corrected chi connectivity index (χ3v) is 3.31. The molecule has 0 aliphatic carbocycles. The zero-order chi connectivity index (χ0) is 13.8. The van der Waals surface area contributed by atoms with Crippen LogP contribution in [-0.4, -0.2) is 46.3 Å². The Morgan fingerprint density at radius 2 is 2.11 bits per heavy atom. The highest BCUT2D eigenvalue weighted by molar-refractivity contribution is 5.96. The van der Waals surface area contributed by atoms with Crippen molar-refractivity contribution in [3.8, 4) is 0 Å². The number of amides is 2. The van der Waals surface area contributed by atoms with Crippen molar-refractivity contribution in [3.05, 3.63) is 23.8 Å². The molecule has 1 aliphatic heterocycles. The molecule has 0 bridgehead atoms. The van der Waals surface area contributed by atoms with Crippen LogP contribution in [0.1, 0.15) is 35.4 Å². The minimum atomic E-state index is -0.394. The maximum absolute atomic E-state index is 12.4. The van der Waals surface area contributed by atoms with Gasteiger partial charge in [-0.25, -0.2) is 4.98 Å². The number of hydrogen-bond donors (Lipinski definition) is 1. The van der Waals surface area contributed by atoms with Crippen molar-refractivity contribution < 1.29 is 9.59 Å². The van der Waals surface area contributed by atoms with Crippen molar-refractivity contribution in [2.45, 2.75) is 32.2 Å². The first-order valence-electron chi connectivity index (χ1n) is 6.44. The van der Waals surface area contributed by atoms with Crippen LogP contribution in [0.3, 0.4) is 0 Å². The number of likely N-dealkylation sites (tertiary alicyclic amines) is 1. The van der Waals surface area contributed by atoms with Crippen molar-refractivity contribution in [2.24, 2.45) is 0 Å². The van der Waals surface area contributed by atoms with E-state index < -0.39 is 6.04 Å². The fraction of sp³-hybridized carbons (Fsp3) is 0.538. The second kappa shape index (κ2) is 5.77. The third-order valence-electron chi connectivity index (χ3n) is 3.31. The van der Waals surface area contributed by atoms with Gasteiger partial charge in [-0.15, -0.1) is 0 Å². The van der Waals surface area contributed by atoms with E-state index in [1.54, 1.807) is 18.1 Å². The lowest BCUT2D eigenvalue weighted by molar-refractivity contribution is -0.126. The van der Waals surface area contributed by atoms with Gasteiger partial charge in [0.25, 0.3) is 5.91 Å². The Hall–Kier alpha value is -1.98. The van der Waals surface area contributed by atoms with Crippen LogP contribution in [0.2, 0.25) is 0 Å². The van der Waals surface area contributed by atoms with Crippen LogP contribution in [0.25, 0.3) is 0 Å². The molecule has 1 aliphatic rings. The largest absolute Gasteiger partial charge is 0.357 e. The van der Waals surface area contributed by atoms with E-state index in [0.717, 1.165) is 18.5 Å². The van der Waals surface area contributed by atoms with E-state index in [2.05, 4.69) is 15.3 Å². The quantitative estimate of drug-likeness (QED) is 0.843. The molecular formula is C13H18N4O2. The van der Waals surface area contributed by atoms with Crippen molar-refractivity contribution >= 4 is 11.8 Å². The lowest BCUT2D eigenvalue weighted by atomic mass is 10.0. The molecule has 1 aromatic heterocycles. The molecule has 1 saturated heterocycles. The lowest BCUT2D eigenvalue weighted by Gasteiger charge is -2.34. The van der Waals surface area contributed by atoms with Crippen LogP contribution < -0.4 is 5.32 Å². The number of hydrogen-bond acceptors (Lipinski definition) is 4. The Balaban J connectivity index is 2.20. The Labute approximate surface area is 112 Å². The Morgan fingerprint density at radius 3 is 2.74 bits per heavy atom. The summed E-state index contributed by atoms with van der Waals surface area (Å²) in [5, 5.41) is 2.61. The van der Waals surface area contributed by atoms with Gasteiger partial charge in [0.05, 0.1) is 11.9 Å². The summed E-state index contributed by atoms with van der Waals surface area (Å²) in [4.78, 5) is 34.0. The summed E-state index contributed by atoms with van der Waals surface area (Å²) in [5.41, 5.74) is 1.06. The highest BCUT2D eigenvalue weighted by atomic mass is 16.2. The fourth-order valence-corrected chi connectivity index (χ4v) is 2.26. The second-order valence-corrected chi connectivity index (χ2v) is 4.67. The van der Waals surface area contributed by atoms with Gasteiger partial charge in [0.15, 0.2) is 0 Å². The van der Waals surface area contributed by atoms with Gasteiger partial charge in [-0.05, 0) is 26.2 Å². The summed E-state index contributed by atoms with van der Waals surface area (Å²) in [6, 6.07) is -0.394. The lowest BCUT2D eigenvalue weighted by Crippen LogP contribution is -2.51. The van der Waals surface area contributed by atoms with Gasteiger partial charge in [0.1, 0.15) is 11.7 Å². The number of carbonyl (C=O) groups is 2. The summed E-state index contributed by atoms with van der Waals surface area (Å²) in [6.45, 7) is 2.40. The van der Waals surface area contributed by atoms with Crippen molar-refractivity contribution in [1.29, 1.82) is 0 Å². The summed E-state index contributed by atoms with van der Waals surface area (Å²) in [6.07, 6.45) is 5.60. The minimum Gasteiger partial charge on any atom is -0.357 e. The SMILES string of the molecule is CNC(=O)[C@H]1CCCCN1C(=O)c1cnc(C)cn1. The van der Waals surface area contributed by atoms with Crippen LogP contribution in [0.15, 0.2) is 12.4 Å². The number of rotatable bonds is 2. The zero-order valence-electron chi connectivity index (χ0n) is 11.2. The summed E-state index contributed by atoms with van der Waals surface area (Å²) >= 11 is 0. The number of carbonyl (C=O) groups excluding carboxylic acids is 2. The average Bonchev–Trinajstić information content (AvgIpc) is 2.46. The van der Waals surface area contributed by atoms with Gasteiger partial charge in [0, 0.05) is 19.8 Å². The average molecular weight is 262 g/mol. The van der Waals surface area contributed by atoms with Gasteiger partial charge in [-0.1, -0.05) is 0 Å². The van der Waals surface area contributed by atoms with E-state index in [9.17, 15) is 9.59 Å². The van der Waals surface area contributed by atoms with Gasteiger partial charge in [-0.2, -0.15) is 0 Å². The molecule has 102 valence electrons. The first kappa shape index (κ1) is 13.5. The van der Waals surface area contributed by atoms with Crippen molar-refractivity contribution in [1.82, 2.24) is 20.2 Å². The van der Waals surface area contributed by atoms with Crippen LogP contribution in [0, 0.1) is 6.92 Å². The molecule has 19 heavy (non-hydrogen) atoms. The molecule has 1 aromatic rings. The van der Waals surface area contributed by atoms with Gasteiger partial charge in [0.2, 0.25) is 5.91 Å². The number of aromatic nitrogens is 2. The van der Waals surface area contributed by atoms with E-state index in [-0.39, 0.29) is 11.8 Å². The fourth-order valence-electron chi connectivity index (χ4n) is 2.26. The predicted molar refractivity (Wildman–Crippen MR) is 69.5 cm³/mol. The Kier molecular flexibility index (Phi) is 4.09. The topological polar surface area (TPSA) is 75.2 Å². The van der Waals surface area contributed by atoms with Crippen LogP contribution in [-0.2, 0) is 4.79 Å². The molecule has 0 spiro atoms. The number of piperidine rings is 1. The monoisotopic (exact) mass is 262 g/mol. The van der Waals surface area contributed by atoms with Crippen LogP contribution in [0.5, 0.6) is 0 Å². The number of aryl methyl sites for hydroxylation is 1. The molecule has 2 amide bonds. The first-order chi connectivity index (χ1) is 9.13. The van der Waals surface area contributed by atoms with E-state index >= 15 is 0 Å². The molecule has 0 unspecified atom stereocenters. The molecule has 0 saturated carbocycles. The van der Waals surface area contributed by atoms with Crippen LogP contribution in [0.4, 0.5) is 0 Å². The van der Waals surface area contributed by atoms with Gasteiger partial charge in [-0.3, -0.25) is 14.6 Å².